The molecule has 0 saturated heterocycles. The number of rotatable bonds is 8. The van der Waals surface area contributed by atoms with Crippen molar-refractivity contribution in [1.29, 1.82) is 0 Å². The van der Waals surface area contributed by atoms with Crippen LogP contribution in [0.25, 0.3) is 6.08 Å². The maximum atomic E-state index is 11.8. The molecule has 0 aromatic heterocycles. The highest BCUT2D eigenvalue weighted by atomic mass is 35.5. The molecular weight excluding hydrogens is 334 g/mol. The largest absolute Gasteiger partial charge is 0.491 e. The second-order valence-electron chi connectivity index (χ2n) is 6.06. The van der Waals surface area contributed by atoms with Crippen LogP contribution in [0.1, 0.15) is 31.4 Å². The van der Waals surface area contributed by atoms with E-state index in [1.807, 2.05) is 44.2 Å². The van der Waals surface area contributed by atoms with Crippen LogP contribution in [0.2, 0.25) is 5.02 Å². The number of hydrogen-bond donors (Lipinski definition) is 1. The molecule has 1 N–H and O–H groups in total. The van der Waals surface area contributed by atoms with Crippen LogP contribution in [-0.4, -0.2) is 18.6 Å². The van der Waals surface area contributed by atoms with Gasteiger partial charge in [0.25, 0.3) is 0 Å². The molecule has 2 rings (SSSR count). The van der Waals surface area contributed by atoms with Gasteiger partial charge < -0.3 is 10.1 Å². The van der Waals surface area contributed by atoms with Gasteiger partial charge in [-0.15, -0.1) is 0 Å². The highest BCUT2D eigenvalue weighted by Gasteiger charge is 2.00. The standard InChI is InChI=1S/C21H24ClNO2/c1-16(2)25-19-12-9-17(10-13-19)6-5-15-23-21(24)14-11-18-7-3-4-8-20(18)22/h3-4,7-14,16H,5-6,15H2,1-2H3,(H,23,24)/b14-11+. The summed E-state index contributed by atoms with van der Waals surface area (Å²) in [6.07, 6.45) is 5.22. The fourth-order valence-corrected chi connectivity index (χ4v) is 2.54. The monoisotopic (exact) mass is 357 g/mol. The van der Waals surface area contributed by atoms with Gasteiger partial charge >= 0.3 is 0 Å². The van der Waals surface area contributed by atoms with Gasteiger partial charge in [0.2, 0.25) is 5.91 Å². The Hall–Kier alpha value is -2.26. The van der Waals surface area contributed by atoms with E-state index in [-0.39, 0.29) is 12.0 Å². The van der Waals surface area contributed by atoms with Crippen molar-refractivity contribution in [3.05, 3.63) is 70.8 Å². The zero-order valence-electron chi connectivity index (χ0n) is 14.7. The zero-order chi connectivity index (χ0) is 18.1. The molecular formula is C21H24ClNO2. The Balaban J connectivity index is 1.70. The first-order valence-corrected chi connectivity index (χ1v) is 8.88. The van der Waals surface area contributed by atoms with Gasteiger partial charge in [0.05, 0.1) is 6.10 Å². The highest BCUT2D eigenvalue weighted by Crippen LogP contribution is 2.16. The second kappa shape index (κ2) is 9.90. The van der Waals surface area contributed by atoms with Crippen molar-refractivity contribution in [2.45, 2.75) is 32.8 Å². The van der Waals surface area contributed by atoms with E-state index in [1.165, 1.54) is 11.6 Å². The maximum Gasteiger partial charge on any atom is 0.244 e. The van der Waals surface area contributed by atoms with Crippen LogP contribution in [0.3, 0.4) is 0 Å². The Morgan fingerprint density at radius 3 is 2.56 bits per heavy atom. The Morgan fingerprint density at radius 2 is 1.88 bits per heavy atom. The number of nitrogens with one attached hydrogen (secondary N) is 1. The van der Waals surface area contributed by atoms with E-state index in [2.05, 4.69) is 17.4 Å². The SMILES string of the molecule is CC(C)Oc1ccc(CCCNC(=O)/C=C/c2ccccc2Cl)cc1. The molecule has 0 radical (unpaired) electrons. The molecule has 0 unspecified atom stereocenters. The summed E-state index contributed by atoms with van der Waals surface area (Å²) in [7, 11) is 0. The molecule has 0 aliphatic carbocycles. The molecule has 1 amide bonds. The molecule has 0 bridgehead atoms. The minimum atomic E-state index is -0.111. The molecule has 0 aliphatic rings. The van der Waals surface area contributed by atoms with E-state index in [0.29, 0.717) is 11.6 Å². The van der Waals surface area contributed by atoms with Crippen molar-refractivity contribution in [2.24, 2.45) is 0 Å². The first-order chi connectivity index (χ1) is 12.0. The van der Waals surface area contributed by atoms with Gasteiger partial charge in [-0.3, -0.25) is 4.79 Å². The minimum absolute atomic E-state index is 0.111. The lowest BCUT2D eigenvalue weighted by molar-refractivity contribution is -0.116. The third-order valence-corrected chi connectivity index (χ3v) is 3.90. The molecule has 0 saturated carbocycles. The molecule has 0 atom stereocenters. The molecule has 0 spiro atoms. The van der Waals surface area contributed by atoms with Crippen LogP contribution in [0.15, 0.2) is 54.6 Å². The quantitative estimate of drug-likeness (QED) is 0.539. The van der Waals surface area contributed by atoms with Gasteiger partial charge in [-0.25, -0.2) is 0 Å². The van der Waals surface area contributed by atoms with E-state index in [9.17, 15) is 4.79 Å². The summed E-state index contributed by atoms with van der Waals surface area (Å²) in [6.45, 7) is 4.66. The molecule has 0 fully saturated rings. The summed E-state index contributed by atoms with van der Waals surface area (Å²) in [6, 6.07) is 15.5. The van der Waals surface area contributed by atoms with Gasteiger partial charge in [-0.05, 0) is 62.1 Å². The number of halogens is 1. The molecule has 0 aliphatic heterocycles. The summed E-state index contributed by atoms with van der Waals surface area (Å²) < 4.78 is 5.62. The predicted octanol–water partition coefficient (Wildman–Crippen LogP) is 4.89. The summed E-state index contributed by atoms with van der Waals surface area (Å²) in [5, 5.41) is 3.52. The molecule has 4 heteroatoms. The summed E-state index contributed by atoms with van der Waals surface area (Å²) >= 11 is 6.05. The van der Waals surface area contributed by atoms with Crippen molar-refractivity contribution in [3.63, 3.8) is 0 Å². The third kappa shape index (κ3) is 7.02. The maximum absolute atomic E-state index is 11.8. The van der Waals surface area contributed by atoms with Crippen LogP contribution >= 0.6 is 11.6 Å². The lowest BCUT2D eigenvalue weighted by atomic mass is 10.1. The Bertz CT molecular complexity index is 708. The van der Waals surface area contributed by atoms with Crippen molar-refractivity contribution in [1.82, 2.24) is 5.32 Å². The Morgan fingerprint density at radius 1 is 1.16 bits per heavy atom. The van der Waals surface area contributed by atoms with Crippen LogP contribution in [0.5, 0.6) is 5.75 Å². The van der Waals surface area contributed by atoms with E-state index >= 15 is 0 Å². The Labute approximate surface area is 154 Å². The van der Waals surface area contributed by atoms with Crippen LogP contribution in [0, 0.1) is 0 Å². The topological polar surface area (TPSA) is 38.3 Å². The number of aryl methyl sites for hydroxylation is 1. The van der Waals surface area contributed by atoms with Gasteiger partial charge in [0.1, 0.15) is 5.75 Å². The average molecular weight is 358 g/mol. The molecule has 2 aromatic carbocycles. The van der Waals surface area contributed by atoms with E-state index < -0.39 is 0 Å². The lowest BCUT2D eigenvalue weighted by Crippen LogP contribution is -2.22. The van der Waals surface area contributed by atoms with E-state index in [4.69, 9.17) is 16.3 Å². The van der Waals surface area contributed by atoms with Crippen LogP contribution in [-0.2, 0) is 11.2 Å². The number of carbonyl (C=O) groups excluding carboxylic acids is 1. The molecule has 2 aromatic rings. The van der Waals surface area contributed by atoms with Gasteiger partial charge in [-0.1, -0.05) is 41.9 Å². The highest BCUT2D eigenvalue weighted by molar-refractivity contribution is 6.32. The van der Waals surface area contributed by atoms with Gasteiger partial charge in [-0.2, -0.15) is 0 Å². The normalized spacial score (nSPS) is 11.0. The number of amides is 1. The number of ether oxygens (including phenoxy) is 1. The predicted molar refractivity (Wildman–Crippen MR) is 104 cm³/mol. The fourth-order valence-electron chi connectivity index (χ4n) is 2.35. The molecule has 3 nitrogen and oxygen atoms in total. The van der Waals surface area contributed by atoms with Gasteiger partial charge in [0.15, 0.2) is 0 Å². The molecule has 132 valence electrons. The first-order valence-electron chi connectivity index (χ1n) is 8.50. The first kappa shape index (κ1) is 19.1. The zero-order valence-corrected chi connectivity index (χ0v) is 15.4. The Kier molecular flexibility index (Phi) is 7.55. The minimum Gasteiger partial charge on any atom is -0.491 e. The van der Waals surface area contributed by atoms with Crippen molar-refractivity contribution >= 4 is 23.6 Å². The fraction of sp³-hybridized carbons (Fsp3) is 0.286. The summed E-state index contributed by atoms with van der Waals surface area (Å²) in [5.41, 5.74) is 2.07. The number of hydrogen-bond acceptors (Lipinski definition) is 2. The van der Waals surface area contributed by atoms with Crippen molar-refractivity contribution in [3.8, 4) is 5.75 Å². The average Bonchev–Trinajstić information content (AvgIpc) is 2.59. The van der Waals surface area contributed by atoms with Crippen molar-refractivity contribution < 1.29 is 9.53 Å². The van der Waals surface area contributed by atoms with Gasteiger partial charge in [0, 0.05) is 17.6 Å². The van der Waals surface area contributed by atoms with Crippen molar-refractivity contribution in [2.75, 3.05) is 6.54 Å². The van der Waals surface area contributed by atoms with Crippen LogP contribution < -0.4 is 10.1 Å². The molecule has 25 heavy (non-hydrogen) atoms. The second-order valence-corrected chi connectivity index (χ2v) is 6.47. The van der Waals surface area contributed by atoms with Crippen LogP contribution in [0.4, 0.5) is 0 Å². The third-order valence-electron chi connectivity index (χ3n) is 3.56. The van der Waals surface area contributed by atoms with E-state index in [0.717, 1.165) is 24.2 Å². The summed E-state index contributed by atoms with van der Waals surface area (Å²) in [5.74, 6) is 0.775. The van der Waals surface area contributed by atoms with E-state index in [1.54, 1.807) is 12.1 Å². The lowest BCUT2D eigenvalue weighted by Gasteiger charge is -2.10. The summed E-state index contributed by atoms with van der Waals surface area (Å²) in [4.78, 5) is 11.8. The molecule has 0 heterocycles. The smallest absolute Gasteiger partial charge is 0.244 e. The number of carbonyl (C=O) groups is 1. The number of benzene rings is 2.